The number of benzene rings is 1. The predicted octanol–water partition coefficient (Wildman–Crippen LogP) is 2.84. The van der Waals surface area contributed by atoms with Crippen LogP contribution >= 0.6 is 0 Å². The maximum Gasteiger partial charge on any atom is 0.137 e. The Morgan fingerprint density at radius 2 is 2.07 bits per heavy atom. The summed E-state index contributed by atoms with van der Waals surface area (Å²) in [5.41, 5.74) is -0.251. The van der Waals surface area contributed by atoms with E-state index < -0.39 is 23.2 Å². The van der Waals surface area contributed by atoms with Crippen LogP contribution in [-0.4, -0.2) is 24.9 Å². The second-order valence-corrected chi connectivity index (χ2v) is 6.32. The van der Waals surface area contributed by atoms with Gasteiger partial charge in [-0.15, -0.1) is 0 Å². The fourth-order valence-electron chi connectivity index (χ4n) is 2.71. The van der Waals surface area contributed by atoms with Crippen molar-refractivity contribution in [1.82, 2.24) is 19.7 Å². The Bertz CT molecular complexity index is 977. The van der Waals surface area contributed by atoms with E-state index in [1.54, 1.807) is 13.1 Å². The molecular formula is C20H18F2N4O. The number of hydrogen-bond donors (Lipinski definition) is 1. The molecule has 138 valence electrons. The Hall–Kier alpha value is -3.11. The lowest BCUT2D eigenvalue weighted by atomic mass is 9.82. The van der Waals surface area contributed by atoms with E-state index in [2.05, 4.69) is 26.9 Å². The van der Waals surface area contributed by atoms with Crippen LogP contribution < -0.4 is 0 Å². The molecule has 3 rings (SSSR count). The number of halogens is 2. The molecule has 0 fully saturated rings. The smallest absolute Gasteiger partial charge is 0.137 e. The molecule has 5 nitrogen and oxygen atoms in total. The summed E-state index contributed by atoms with van der Waals surface area (Å²) >= 11 is 0. The molecule has 0 radical (unpaired) electrons. The molecule has 3 aromatic rings. The van der Waals surface area contributed by atoms with E-state index in [0.717, 1.165) is 17.8 Å². The summed E-state index contributed by atoms with van der Waals surface area (Å²) in [5.74, 6) is 3.64. The van der Waals surface area contributed by atoms with Crippen molar-refractivity contribution in [2.24, 2.45) is 5.92 Å². The monoisotopic (exact) mass is 368 g/mol. The van der Waals surface area contributed by atoms with E-state index in [-0.39, 0.29) is 12.1 Å². The molecule has 1 N–H and O–H groups in total. The molecular weight excluding hydrogens is 350 g/mol. The van der Waals surface area contributed by atoms with Gasteiger partial charge in [0.25, 0.3) is 0 Å². The predicted molar refractivity (Wildman–Crippen MR) is 95.3 cm³/mol. The van der Waals surface area contributed by atoms with E-state index in [4.69, 9.17) is 0 Å². The number of pyridine rings is 1. The van der Waals surface area contributed by atoms with Crippen molar-refractivity contribution in [2.45, 2.75) is 26.0 Å². The van der Waals surface area contributed by atoms with Gasteiger partial charge in [0.05, 0.1) is 12.5 Å². The maximum absolute atomic E-state index is 14.4. The third-order valence-corrected chi connectivity index (χ3v) is 4.33. The van der Waals surface area contributed by atoms with Gasteiger partial charge in [0.1, 0.15) is 29.9 Å². The van der Waals surface area contributed by atoms with E-state index in [1.807, 2.05) is 19.1 Å². The lowest BCUT2D eigenvalue weighted by Gasteiger charge is -2.32. The molecule has 0 aliphatic rings. The summed E-state index contributed by atoms with van der Waals surface area (Å²) in [6.45, 7) is 3.46. The van der Waals surface area contributed by atoms with Gasteiger partial charge in [-0.05, 0) is 32.0 Å². The first-order valence-corrected chi connectivity index (χ1v) is 8.33. The summed E-state index contributed by atoms with van der Waals surface area (Å²) in [6.07, 6.45) is 4.36. The zero-order valence-electron chi connectivity index (χ0n) is 14.9. The van der Waals surface area contributed by atoms with Crippen LogP contribution in [0.1, 0.15) is 23.7 Å². The summed E-state index contributed by atoms with van der Waals surface area (Å²) in [6, 6.07) is 6.72. The van der Waals surface area contributed by atoms with Crippen molar-refractivity contribution in [3.63, 3.8) is 0 Å². The Kier molecular flexibility index (Phi) is 5.28. The summed E-state index contributed by atoms with van der Waals surface area (Å²) in [5, 5.41) is 15.3. The molecule has 2 heterocycles. The van der Waals surface area contributed by atoms with Crippen LogP contribution in [0.15, 0.2) is 49.2 Å². The molecule has 0 unspecified atom stereocenters. The summed E-state index contributed by atoms with van der Waals surface area (Å²) in [4.78, 5) is 8.01. The lowest BCUT2D eigenvalue weighted by Crippen LogP contribution is -2.38. The fourth-order valence-corrected chi connectivity index (χ4v) is 2.71. The molecule has 2 aromatic heterocycles. The van der Waals surface area contributed by atoms with Crippen molar-refractivity contribution < 1.29 is 13.9 Å². The third kappa shape index (κ3) is 4.18. The van der Waals surface area contributed by atoms with Crippen LogP contribution in [0, 0.1) is 36.3 Å². The standard InChI is InChI=1S/C20H18F2N4O/c1-14(3-5-16-6-4-15(2)24-10-16)20(27,11-26-13-23-12-25-26)18-8-7-17(21)9-19(18)22/h4,6-10,12-14,27H,11H2,1-2H3/t14-,20+/m0/s1. The summed E-state index contributed by atoms with van der Waals surface area (Å²) in [7, 11) is 0. The third-order valence-electron chi connectivity index (χ3n) is 4.33. The van der Waals surface area contributed by atoms with Gasteiger partial charge in [0, 0.05) is 29.1 Å². The molecule has 0 aliphatic heterocycles. The van der Waals surface area contributed by atoms with Gasteiger partial charge in [-0.3, -0.25) is 4.98 Å². The van der Waals surface area contributed by atoms with Gasteiger partial charge >= 0.3 is 0 Å². The van der Waals surface area contributed by atoms with Gasteiger partial charge in [0.2, 0.25) is 0 Å². The van der Waals surface area contributed by atoms with Crippen LogP contribution in [0.2, 0.25) is 0 Å². The number of aliphatic hydroxyl groups is 1. The fraction of sp³-hybridized carbons (Fsp3) is 0.250. The number of nitrogens with zero attached hydrogens (tertiary/aromatic N) is 4. The SMILES string of the molecule is Cc1ccc(C#C[C@H](C)[C@](O)(Cn2cncn2)c2ccc(F)cc2F)cn1. The van der Waals surface area contributed by atoms with Crippen molar-refractivity contribution in [3.05, 3.63) is 77.6 Å². The molecule has 0 spiro atoms. The topological polar surface area (TPSA) is 63.8 Å². The number of aryl methyl sites for hydroxylation is 1. The first-order chi connectivity index (χ1) is 12.9. The largest absolute Gasteiger partial charge is 0.382 e. The Balaban J connectivity index is 1.99. The highest BCUT2D eigenvalue weighted by Gasteiger charge is 2.38. The Labute approximate surface area is 155 Å². The van der Waals surface area contributed by atoms with Gasteiger partial charge < -0.3 is 5.11 Å². The highest BCUT2D eigenvalue weighted by Crippen LogP contribution is 2.33. The molecule has 2 atom stereocenters. The van der Waals surface area contributed by atoms with Crippen molar-refractivity contribution in [2.75, 3.05) is 0 Å². The van der Waals surface area contributed by atoms with Crippen LogP contribution in [0.3, 0.4) is 0 Å². The minimum absolute atomic E-state index is 0.0526. The van der Waals surface area contributed by atoms with Crippen LogP contribution in [0.5, 0.6) is 0 Å². The molecule has 27 heavy (non-hydrogen) atoms. The van der Waals surface area contributed by atoms with Crippen molar-refractivity contribution in [3.8, 4) is 11.8 Å². The van der Waals surface area contributed by atoms with E-state index in [9.17, 15) is 13.9 Å². The molecule has 0 saturated carbocycles. The molecule has 1 aromatic carbocycles. The Morgan fingerprint density at radius 3 is 2.70 bits per heavy atom. The number of aromatic nitrogens is 4. The van der Waals surface area contributed by atoms with Crippen LogP contribution in [0.25, 0.3) is 0 Å². The first-order valence-electron chi connectivity index (χ1n) is 8.33. The number of rotatable bonds is 4. The van der Waals surface area contributed by atoms with Gasteiger partial charge in [-0.25, -0.2) is 18.4 Å². The van der Waals surface area contributed by atoms with E-state index >= 15 is 0 Å². The maximum atomic E-state index is 14.4. The highest BCUT2D eigenvalue weighted by molar-refractivity contribution is 5.35. The molecule has 0 saturated heterocycles. The van der Waals surface area contributed by atoms with Crippen molar-refractivity contribution in [1.29, 1.82) is 0 Å². The van der Waals surface area contributed by atoms with Gasteiger partial charge in [0.15, 0.2) is 0 Å². The average Bonchev–Trinajstić information content (AvgIpc) is 3.13. The highest BCUT2D eigenvalue weighted by atomic mass is 19.1. The first kappa shape index (κ1) is 18.7. The van der Waals surface area contributed by atoms with Crippen molar-refractivity contribution >= 4 is 0 Å². The van der Waals surface area contributed by atoms with E-state index in [1.165, 1.54) is 23.4 Å². The molecule has 0 bridgehead atoms. The normalized spacial score (nSPS) is 14.1. The second-order valence-electron chi connectivity index (χ2n) is 6.32. The van der Waals surface area contributed by atoms with E-state index in [0.29, 0.717) is 5.56 Å². The minimum atomic E-state index is -1.74. The zero-order valence-corrected chi connectivity index (χ0v) is 14.9. The molecule has 0 aliphatic carbocycles. The zero-order chi connectivity index (χ0) is 19.4. The number of hydrogen-bond acceptors (Lipinski definition) is 4. The molecule has 0 amide bonds. The minimum Gasteiger partial charge on any atom is -0.382 e. The Morgan fingerprint density at radius 1 is 1.26 bits per heavy atom. The van der Waals surface area contributed by atoms with Crippen LogP contribution in [0.4, 0.5) is 8.78 Å². The van der Waals surface area contributed by atoms with Gasteiger partial charge in [-0.1, -0.05) is 17.9 Å². The molecule has 7 heteroatoms. The second kappa shape index (κ2) is 7.64. The lowest BCUT2D eigenvalue weighted by molar-refractivity contribution is -0.0191. The van der Waals surface area contributed by atoms with Gasteiger partial charge in [-0.2, -0.15) is 5.10 Å². The quantitative estimate of drug-likeness (QED) is 0.720. The summed E-state index contributed by atoms with van der Waals surface area (Å²) < 4.78 is 29.2. The van der Waals surface area contributed by atoms with Crippen LogP contribution in [-0.2, 0) is 12.1 Å². The average molecular weight is 368 g/mol.